The van der Waals surface area contributed by atoms with Crippen molar-refractivity contribution in [3.05, 3.63) is 0 Å². The highest BCUT2D eigenvalue weighted by Gasteiger charge is 2.25. The van der Waals surface area contributed by atoms with Crippen LogP contribution < -0.4 is 16.4 Å². The number of amides is 2. The van der Waals surface area contributed by atoms with Crippen LogP contribution in [0.5, 0.6) is 0 Å². The molecule has 0 aromatic rings. The molecular formula is C10H23N3O. The van der Waals surface area contributed by atoms with Crippen molar-refractivity contribution >= 4 is 6.03 Å². The maximum atomic E-state index is 11.4. The molecule has 4 heteroatoms. The lowest BCUT2D eigenvalue weighted by Crippen LogP contribution is -2.55. The minimum Gasteiger partial charge on any atom is -0.338 e. The topological polar surface area (TPSA) is 67.2 Å². The Balaban J connectivity index is 4.08. The van der Waals surface area contributed by atoms with Crippen LogP contribution in [0.2, 0.25) is 0 Å². The minimum absolute atomic E-state index is 0.110. The SMILES string of the molecule is CCCNC(=O)NC(CC)(CC)CN. The van der Waals surface area contributed by atoms with Crippen LogP contribution in [0.4, 0.5) is 4.79 Å². The molecule has 0 aromatic heterocycles. The number of carbonyl (C=O) groups excluding carboxylic acids is 1. The van der Waals surface area contributed by atoms with Crippen molar-refractivity contribution in [2.24, 2.45) is 5.73 Å². The van der Waals surface area contributed by atoms with Gasteiger partial charge in [0, 0.05) is 13.1 Å². The Bertz CT molecular complexity index is 158. The molecule has 0 fully saturated rings. The molecule has 4 N–H and O–H groups in total. The molecule has 84 valence electrons. The molecule has 14 heavy (non-hydrogen) atoms. The van der Waals surface area contributed by atoms with Crippen molar-refractivity contribution in [1.82, 2.24) is 10.6 Å². The van der Waals surface area contributed by atoms with Crippen LogP contribution in [0.3, 0.4) is 0 Å². The first-order chi connectivity index (χ1) is 6.64. The van der Waals surface area contributed by atoms with E-state index in [2.05, 4.69) is 10.6 Å². The quantitative estimate of drug-likeness (QED) is 0.604. The van der Waals surface area contributed by atoms with E-state index in [1.54, 1.807) is 0 Å². The summed E-state index contributed by atoms with van der Waals surface area (Å²) >= 11 is 0. The van der Waals surface area contributed by atoms with E-state index < -0.39 is 0 Å². The summed E-state index contributed by atoms with van der Waals surface area (Å²) in [5.74, 6) is 0. The van der Waals surface area contributed by atoms with E-state index in [9.17, 15) is 4.79 Å². The average molecular weight is 201 g/mol. The Hall–Kier alpha value is -0.770. The highest BCUT2D eigenvalue weighted by molar-refractivity contribution is 5.74. The Morgan fingerprint density at radius 1 is 1.29 bits per heavy atom. The lowest BCUT2D eigenvalue weighted by atomic mass is 9.93. The molecule has 2 amide bonds. The Morgan fingerprint density at radius 2 is 1.86 bits per heavy atom. The van der Waals surface area contributed by atoms with E-state index in [0.717, 1.165) is 19.3 Å². The lowest BCUT2D eigenvalue weighted by molar-refractivity contribution is 0.221. The van der Waals surface area contributed by atoms with Gasteiger partial charge in [-0.3, -0.25) is 0 Å². The molecule has 0 rings (SSSR count). The molecule has 4 nitrogen and oxygen atoms in total. The molecule has 0 radical (unpaired) electrons. The number of carbonyl (C=O) groups is 1. The molecule has 0 saturated carbocycles. The summed E-state index contributed by atoms with van der Waals surface area (Å²) in [6, 6.07) is -0.110. The molecule has 0 saturated heterocycles. The predicted octanol–water partition coefficient (Wildman–Crippen LogP) is 1.21. The predicted molar refractivity (Wildman–Crippen MR) is 59.2 cm³/mol. The minimum atomic E-state index is -0.238. The highest BCUT2D eigenvalue weighted by Crippen LogP contribution is 2.12. The van der Waals surface area contributed by atoms with E-state index in [0.29, 0.717) is 13.1 Å². The van der Waals surface area contributed by atoms with Gasteiger partial charge < -0.3 is 16.4 Å². The van der Waals surface area contributed by atoms with E-state index >= 15 is 0 Å². The van der Waals surface area contributed by atoms with Crippen LogP contribution in [0.1, 0.15) is 40.0 Å². The molecule has 0 heterocycles. The first-order valence-electron chi connectivity index (χ1n) is 5.40. The van der Waals surface area contributed by atoms with Crippen LogP contribution in [-0.2, 0) is 0 Å². The highest BCUT2D eigenvalue weighted by atomic mass is 16.2. The van der Waals surface area contributed by atoms with Gasteiger partial charge >= 0.3 is 6.03 Å². The smallest absolute Gasteiger partial charge is 0.315 e. The van der Waals surface area contributed by atoms with Crippen molar-refractivity contribution in [2.45, 2.75) is 45.6 Å². The molecule has 0 spiro atoms. The van der Waals surface area contributed by atoms with Crippen LogP contribution >= 0.6 is 0 Å². The zero-order chi connectivity index (χ0) is 11.0. The van der Waals surface area contributed by atoms with Gasteiger partial charge in [-0.05, 0) is 19.3 Å². The van der Waals surface area contributed by atoms with Crippen LogP contribution in [0.25, 0.3) is 0 Å². The summed E-state index contributed by atoms with van der Waals surface area (Å²) in [5, 5.41) is 5.72. The fourth-order valence-electron chi connectivity index (χ4n) is 1.29. The standard InChI is InChI=1S/C10H23N3O/c1-4-7-12-9(14)13-10(5-2,6-3)8-11/h4-8,11H2,1-3H3,(H2,12,13,14). The van der Waals surface area contributed by atoms with Crippen LogP contribution in [-0.4, -0.2) is 24.7 Å². The van der Waals surface area contributed by atoms with Gasteiger partial charge in [0.25, 0.3) is 0 Å². The Labute approximate surface area is 86.6 Å². The maximum Gasteiger partial charge on any atom is 0.315 e. The third-order valence-corrected chi connectivity index (χ3v) is 2.66. The summed E-state index contributed by atoms with van der Waals surface area (Å²) < 4.78 is 0. The van der Waals surface area contributed by atoms with Crippen molar-refractivity contribution in [3.8, 4) is 0 Å². The number of nitrogens with two attached hydrogens (primary N) is 1. The van der Waals surface area contributed by atoms with Gasteiger partial charge in [0.05, 0.1) is 5.54 Å². The molecule has 0 aliphatic carbocycles. The summed E-state index contributed by atoms with van der Waals surface area (Å²) in [6.07, 6.45) is 2.67. The fraction of sp³-hybridized carbons (Fsp3) is 0.900. The van der Waals surface area contributed by atoms with Crippen molar-refractivity contribution in [2.75, 3.05) is 13.1 Å². The number of nitrogens with one attached hydrogen (secondary N) is 2. The van der Waals surface area contributed by atoms with Gasteiger partial charge in [-0.2, -0.15) is 0 Å². The number of rotatable bonds is 6. The number of hydrogen-bond donors (Lipinski definition) is 3. The summed E-state index contributed by atoms with van der Waals surface area (Å²) in [6.45, 7) is 7.29. The number of hydrogen-bond acceptors (Lipinski definition) is 2. The molecule has 0 aliphatic rings. The van der Waals surface area contributed by atoms with Crippen molar-refractivity contribution in [3.63, 3.8) is 0 Å². The second-order valence-electron chi connectivity index (χ2n) is 3.57. The van der Waals surface area contributed by atoms with E-state index in [-0.39, 0.29) is 11.6 Å². The van der Waals surface area contributed by atoms with Crippen molar-refractivity contribution < 1.29 is 4.79 Å². The Kier molecular flexibility index (Phi) is 6.28. The van der Waals surface area contributed by atoms with Gasteiger partial charge in [-0.25, -0.2) is 4.79 Å². The van der Waals surface area contributed by atoms with Crippen LogP contribution in [0.15, 0.2) is 0 Å². The summed E-state index contributed by atoms with van der Waals surface area (Å²) in [4.78, 5) is 11.4. The van der Waals surface area contributed by atoms with Crippen molar-refractivity contribution in [1.29, 1.82) is 0 Å². The maximum absolute atomic E-state index is 11.4. The third kappa shape index (κ3) is 3.96. The van der Waals surface area contributed by atoms with Crippen LogP contribution in [0, 0.1) is 0 Å². The largest absolute Gasteiger partial charge is 0.338 e. The zero-order valence-corrected chi connectivity index (χ0v) is 9.52. The third-order valence-electron chi connectivity index (χ3n) is 2.66. The molecular weight excluding hydrogens is 178 g/mol. The Morgan fingerprint density at radius 3 is 2.21 bits per heavy atom. The second kappa shape index (κ2) is 6.65. The molecule has 0 aliphatic heterocycles. The number of urea groups is 1. The second-order valence-corrected chi connectivity index (χ2v) is 3.57. The average Bonchev–Trinajstić information content (AvgIpc) is 2.23. The summed E-state index contributed by atoms with van der Waals surface area (Å²) in [7, 11) is 0. The zero-order valence-electron chi connectivity index (χ0n) is 9.52. The first-order valence-corrected chi connectivity index (χ1v) is 5.40. The molecule has 0 atom stereocenters. The van der Waals surface area contributed by atoms with E-state index in [4.69, 9.17) is 5.73 Å². The van der Waals surface area contributed by atoms with E-state index in [1.807, 2.05) is 20.8 Å². The molecule has 0 bridgehead atoms. The molecule has 0 unspecified atom stereocenters. The first kappa shape index (κ1) is 13.2. The molecule has 0 aromatic carbocycles. The lowest BCUT2D eigenvalue weighted by Gasteiger charge is -2.31. The monoisotopic (exact) mass is 201 g/mol. The van der Waals surface area contributed by atoms with E-state index in [1.165, 1.54) is 0 Å². The fourth-order valence-corrected chi connectivity index (χ4v) is 1.29. The van der Waals surface area contributed by atoms with Gasteiger partial charge in [0.1, 0.15) is 0 Å². The van der Waals surface area contributed by atoms with Gasteiger partial charge in [0.15, 0.2) is 0 Å². The van der Waals surface area contributed by atoms with Gasteiger partial charge in [0.2, 0.25) is 0 Å². The summed E-state index contributed by atoms with van der Waals surface area (Å²) in [5.41, 5.74) is 5.42. The van der Waals surface area contributed by atoms with Gasteiger partial charge in [-0.15, -0.1) is 0 Å². The van der Waals surface area contributed by atoms with Gasteiger partial charge in [-0.1, -0.05) is 20.8 Å². The normalized spacial score (nSPS) is 11.1.